The zero-order valence-corrected chi connectivity index (χ0v) is 9.45. The average molecular weight is 233 g/mol. The molecule has 0 aliphatic rings. The maximum Gasteiger partial charge on any atom is 0.275 e. The minimum absolute atomic E-state index is 0.207. The Morgan fingerprint density at radius 2 is 2.47 bits per heavy atom. The van der Waals surface area contributed by atoms with Crippen molar-refractivity contribution in [3.05, 3.63) is 17.5 Å². The monoisotopic (exact) mass is 232 g/mol. The molecule has 0 aromatic carbocycles. The lowest BCUT2D eigenvalue weighted by Crippen LogP contribution is -2.28. The predicted molar refractivity (Wildman–Crippen MR) is 54.9 cm³/mol. The molecule has 1 aromatic rings. The quantitative estimate of drug-likeness (QED) is 0.715. The second-order valence-corrected chi connectivity index (χ2v) is 3.41. The van der Waals surface area contributed by atoms with Gasteiger partial charge in [-0.2, -0.15) is 0 Å². The molecule has 0 saturated heterocycles. The minimum atomic E-state index is -0.207. The van der Waals surface area contributed by atoms with Crippen LogP contribution in [0.5, 0.6) is 0 Å². The number of halogens is 1. The Morgan fingerprint density at radius 1 is 1.73 bits per heavy atom. The lowest BCUT2D eigenvalue weighted by atomic mass is 10.3. The summed E-state index contributed by atoms with van der Waals surface area (Å²) in [5, 5.41) is 3.65. The van der Waals surface area contributed by atoms with E-state index in [-0.39, 0.29) is 11.6 Å². The molecule has 1 heterocycles. The van der Waals surface area contributed by atoms with Crippen molar-refractivity contribution in [2.24, 2.45) is 0 Å². The molecule has 0 aliphatic carbocycles. The van der Waals surface area contributed by atoms with Crippen molar-refractivity contribution < 1.29 is 14.1 Å². The van der Waals surface area contributed by atoms with Gasteiger partial charge in [-0.25, -0.2) is 0 Å². The van der Waals surface area contributed by atoms with Crippen LogP contribution in [-0.2, 0) is 11.3 Å². The van der Waals surface area contributed by atoms with Crippen LogP contribution >= 0.6 is 11.6 Å². The number of aromatic nitrogens is 1. The van der Waals surface area contributed by atoms with Crippen molar-refractivity contribution in [3.8, 4) is 0 Å². The van der Waals surface area contributed by atoms with Crippen LogP contribution in [0.4, 0.5) is 0 Å². The highest BCUT2D eigenvalue weighted by Gasteiger charge is 2.16. The molecular formula is C9H13ClN2O3. The van der Waals surface area contributed by atoms with Crippen LogP contribution in [0.25, 0.3) is 0 Å². The fourth-order valence-electron chi connectivity index (χ4n) is 1.05. The fraction of sp³-hybridized carbons (Fsp3) is 0.556. The molecule has 1 amide bonds. The van der Waals surface area contributed by atoms with Gasteiger partial charge < -0.3 is 14.2 Å². The predicted octanol–water partition coefficient (Wildman–Crippen LogP) is 1.13. The fourth-order valence-corrected chi connectivity index (χ4v) is 1.30. The van der Waals surface area contributed by atoms with E-state index in [9.17, 15) is 4.79 Å². The summed E-state index contributed by atoms with van der Waals surface area (Å²) < 4.78 is 9.75. The van der Waals surface area contributed by atoms with E-state index in [0.29, 0.717) is 24.8 Å². The number of carbonyl (C=O) groups excluding carboxylic acids is 1. The van der Waals surface area contributed by atoms with Gasteiger partial charge in [0.2, 0.25) is 0 Å². The van der Waals surface area contributed by atoms with Gasteiger partial charge in [0.1, 0.15) is 6.61 Å². The molecule has 6 heteroatoms. The molecule has 0 saturated carbocycles. The van der Waals surface area contributed by atoms with Gasteiger partial charge in [0, 0.05) is 32.6 Å². The van der Waals surface area contributed by atoms with Crippen LogP contribution in [0.2, 0.25) is 0 Å². The van der Waals surface area contributed by atoms with Crippen molar-refractivity contribution in [1.82, 2.24) is 10.1 Å². The summed E-state index contributed by atoms with van der Waals surface area (Å²) in [5.74, 6) is 0.715. The topological polar surface area (TPSA) is 55.6 Å². The van der Waals surface area contributed by atoms with Crippen LogP contribution < -0.4 is 0 Å². The second kappa shape index (κ2) is 5.72. The summed E-state index contributed by atoms with van der Waals surface area (Å²) in [5.41, 5.74) is 0.273. The van der Waals surface area contributed by atoms with E-state index in [1.165, 1.54) is 4.90 Å². The molecular weight excluding hydrogens is 220 g/mol. The van der Waals surface area contributed by atoms with E-state index in [2.05, 4.69) is 5.16 Å². The summed E-state index contributed by atoms with van der Waals surface area (Å²) in [4.78, 5) is 13.1. The van der Waals surface area contributed by atoms with Crippen molar-refractivity contribution in [2.75, 3.05) is 26.6 Å². The SMILES string of the molecule is COCc1cc(C(=O)N(C)CCCl)no1. The van der Waals surface area contributed by atoms with Crippen molar-refractivity contribution in [3.63, 3.8) is 0 Å². The van der Waals surface area contributed by atoms with Crippen LogP contribution in [0.15, 0.2) is 10.6 Å². The van der Waals surface area contributed by atoms with Crippen LogP contribution in [-0.4, -0.2) is 42.5 Å². The summed E-state index contributed by atoms with van der Waals surface area (Å²) in [6.07, 6.45) is 0. The first-order chi connectivity index (χ1) is 7.19. The highest BCUT2D eigenvalue weighted by atomic mass is 35.5. The third-order valence-corrected chi connectivity index (χ3v) is 2.00. The number of hydrogen-bond donors (Lipinski definition) is 0. The molecule has 84 valence electrons. The molecule has 15 heavy (non-hydrogen) atoms. The molecule has 0 aliphatic heterocycles. The largest absolute Gasteiger partial charge is 0.377 e. The van der Waals surface area contributed by atoms with Crippen molar-refractivity contribution in [2.45, 2.75) is 6.61 Å². The summed E-state index contributed by atoms with van der Waals surface area (Å²) >= 11 is 5.53. The average Bonchev–Trinajstić information content (AvgIpc) is 2.66. The molecule has 1 rings (SSSR count). The highest BCUT2D eigenvalue weighted by molar-refractivity contribution is 6.18. The lowest BCUT2D eigenvalue weighted by Gasteiger charge is -2.12. The molecule has 0 N–H and O–H groups in total. The normalized spacial score (nSPS) is 10.3. The third-order valence-electron chi connectivity index (χ3n) is 1.83. The molecule has 0 fully saturated rings. The summed E-state index contributed by atoms with van der Waals surface area (Å²) in [7, 11) is 3.21. The number of amides is 1. The zero-order chi connectivity index (χ0) is 11.3. The smallest absolute Gasteiger partial charge is 0.275 e. The number of ether oxygens (including phenoxy) is 1. The molecule has 0 bridgehead atoms. The van der Waals surface area contributed by atoms with Gasteiger partial charge in [-0.15, -0.1) is 11.6 Å². The van der Waals surface area contributed by atoms with E-state index in [1.54, 1.807) is 20.2 Å². The molecule has 0 radical (unpaired) electrons. The van der Waals surface area contributed by atoms with Crippen LogP contribution in [0, 0.1) is 0 Å². The number of nitrogens with zero attached hydrogens (tertiary/aromatic N) is 2. The Balaban J connectivity index is 2.65. The van der Waals surface area contributed by atoms with Crippen molar-refractivity contribution >= 4 is 17.5 Å². The van der Waals surface area contributed by atoms with Crippen LogP contribution in [0.1, 0.15) is 16.2 Å². The standard InChI is InChI=1S/C9H13ClN2O3/c1-12(4-3-10)9(13)8-5-7(6-14-2)15-11-8/h5H,3-4,6H2,1-2H3. The zero-order valence-electron chi connectivity index (χ0n) is 8.70. The van der Waals surface area contributed by atoms with E-state index in [1.807, 2.05) is 0 Å². The molecule has 1 aromatic heterocycles. The molecule has 5 nitrogen and oxygen atoms in total. The summed E-state index contributed by atoms with van der Waals surface area (Å²) in [6, 6.07) is 1.57. The number of carbonyl (C=O) groups is 1. The Hall–Kier alpha value is -1.07. The number of methoxy groups -OCH3 is 1. The van der Waals surface area contributed by atoms with Gasteiger partial charge in [-0.3, -0.25) is 4.79 Å². The maximum atomic E-state index is 11.7. The van der Waals surface area contributed by atoms with Gasteiger partial charge in [0.25, 0.3) is 5.91 Å². The first-order valence-electron chi connectivity index (χ1n) is 4.45. The summed E-state index contributed by atoms with van der Waals surface area (Å²) in [6.45, 7) is 0.784. The Bertz CT molecular complexity index is 327. The van der Waals surface area contributed by atoms with Gasteiger partial charge >= 0.3 is 0 Å². The van der Waals surface area contributed by atoms with Crippen molar-refractivity contribution in [1.29, 1.82) is 0 Å². The van der Waals surface area contributed by atoms with Crippen LogP contribution in [0.3, 0.4) is 0 Å². The van der Waals surface area contributed by atoms with E-state index < -0.39 is 0 Å². The van der Waals surface area contributed by atoms with Gasteiger partial charge in [0.05, 0.1) is 0 Å². The lowest BCUT2D eigenvalue weighted by molar-refractivity contribution is 0.0792. The Morgan fingerprint density at radius 3 is 3.07 bits per heavy atom. The molecule has 0 atom stereocenters. The first kappa shape index (κ1) is 12.0. The van der Waals surface area contributed by atoms with E-state index >= 15 is 0 Å². The second-order valence-electron chi connectivity index (χ2n) is 3.03. The highest BCUT2D eigenvalue weighted by Crippen LogP contribution is 2.07. The van der Waals surface area contributed by atoms with Gasteiger partial charge in [-0.1, -0.05) is 5.16 Å². The third kappa shape index (κ3) is 3.21. The Kier molecular flexibility index (Phi) is 4.58. The molecule has 0 unspecified atom stereocenters. The number of hydrogen-bond acceptors (Lipinski definition) is 4. The number of rotatable bonds is 5. The van der Waals surface area contributed by atoms with Gasteiger partial charge in [-0.05, 0) is 0 Å². The maximum absolute atomic E-state index is 11.7. The number of alkyl halides is 1. The first-order valence-corrected chi connectivity index (χ1v) is 4.98. The van der Waals surface area contributed by atoms with E-state index in [0.717, 1.165) is 0 Å². The molecule has 0 spiro atoms. The Labute approximate surface area is 92.9 Å². The minimum Gasteiger partial charge on any atom is -0.377 e. The van der Waals surface area contributed by atoms with Gasteiger partial charge in [0.15, 0.2) is 11.5 Å². The van der Waals surface area contributed by atoms with E-state index in [4.69, 9.17) is 20.9 Å².